The summed E-state index contributed by atoms with van der Waals surface area (Å²) in [4.78, 5) is 17.1. The zero-order chi connectivity index (χ0) is 21.1. The van der Waals surface area contributed by atoms with Gasteiger partial charge in [-0.2, -0.15) is 0 Å². The molecule has 3 aromatic carbocycles. The molecule has 0 atom stereocenters. The molecular formula is C23H19NO5S. The number of methoxy groups -OCH3 is 3. The molecule has 4 rings (SSSR count). The summed E-state index contributed by atoms with van der Waals surface area (Å²) in [6.45, 7) is 0. The Hall–Kier alpha value is -3.58. The van der Waals surface area contributed by atoms with Gasteiger partial charge in [0.05, 0.1) is 26.9 Å². The van der Waals surface area contributed by atoms with Crippen LogP contribution in [0.5, 0.6) is 23.0 Å². The Kier molecular flexibility index (Phi) is 5.54. The number of carbonyl (C=O) groups is 1. The number of fused-ring (bicyclic) bond motifs is 1. The van der Waals surface area contributed by atoms with Crippen molar-refractivity contribution < 1.29 is 23.7 Å². The molecule has 7 heteroatoms. The van der Waals surface area contributed by atoms with Crippen LogP contribution in [0.4, 0.5) is 0 Å². The first kappa shape index (κ1) is 19.7. The molecule has 0 amide bonds. The highest BCUT2D eigenvalue weighted by molar-refractivity contribution is 7.13. The summed E-state index contributed by atoms with van der Waals surface area (Å²) in [7, 11) is 4.76. The number of hydrogen-bond donors (Lipinski definition) is 0. The molecule has 1 aromatic heterocycles. The predicted molar refractivity (Wildman–Crippen MR) is 116 cm³/mol. The SMILES string of the molecule is COc1ccc2ccc(OC(=O)c3csc(-c4cccc(OC)c4OC)n3)cc2c1. The Labute approximate surface area is 177 Å². The van der Waals surface area contributed by atoms with E-state index < -0.39 is 5.97 Å². The highest BCUT2D eigenvalue weighted by Crippen LogP contribution is 2.39. The molecule has 0 saturated carbocycles. The Bertz CT molecular complexity index is 1220. The summed E-state index contributed by atoms with van der Waals surface area (Å²) in [6, 6.07) is 16.7. The second kappa shape index (κ2) is 8.42. The summed E-state index contributed by atoms with van der Waals surface area (Å²) >= 11 is 1.33. The quantitative estimate of drug-likeness (QED) is 0.315. The Morgan fingerprint density at radius 3 is 2.37 bits per heavy atom. The van der Waals surface area contributed by atoms with Crippen molar-refractivity contribution in [1.82, 2.24) is 4.98 Å². The largest absolute Gasteiger partial charge is 0.497 e. The standard InChI is InChI=1S/C23H19NO5S/c1-26-16-9-7-14-8-10-17(12-15(14)11-16)29-23(25)19-13-30-22(24-19)18-5-4-6-20(27-2)21(18)28-3/h4-13H,1-3H3. The first-order valence-electron chi connectivity index (χ1n) is 9.10. The van der Waals surface area contributed by atoms with Gasteiger partial charge in [-0.15, -0.1) is 11.3 Å². The number of rotatable bonds is 6. The second-order valence-corrected chi connectivity index (χ2v) is 7.20. The van der Waals surface area contributed by atoms with Gasteiger partial charge in [0, 0.05) is 5.38 Å². The van der Waals surface area contributed by atoms with Gasteiger partial charge in [0.15, 0.2) is 17.2 Å². The van der Waals surface area contributed by atoms with Gasteiger partial charge >= 0.3 is 5.97 Å². The first-order valence-corrected chi connectivity index (χ1v) is 9.97. The number of carbonyl (C=O) groups excluding carboxylic acids is 1. The number of thiazole rings is 1. The van der Waals surface area contributed by atoms with E-state index in [1.54, 1.807) is 44.9 Å². The topological polar surface area (TPSA) is 66.9 Å². The van der Waals surface area contributed by atoms with E-state index in [1.165, 1.54) is 11.3 Å². The van der Waals surface area contributed by atoms with Crippen LogP contribution in [0.25, 0.3) is 21.3 Å². The van der Waals surface area contributed by atoms with E-state index in [0.29, 0.717) is 22.3 Å². The summed E-state index contributed by atoms with van der Waals surface area (Å²) in [5.74, 6) is 1.82. The first-order chi connectivity index (χ1) is 14.6. The Morgan fingerprint density at radius 2 is 1.63 bits per heavy atom. The fourth-order valence-corrected chi connectivity index (χ4v) is 3.91. The van der Waals surface area contributed by atoms with Gasteiger partial charge in [-0.1, -0.05) is 18.2 Å². The fourth-order valence-electron chi connectivity index (χ4n) is 3.10. The van der Waals surface area contributed by atoms with Crippen molar-refractivity contribution in [2.75, 3.05) is 21.3 Å². The van der Waals surface area contributed by atoms with Gasteiger partial charge in [-0.25, -0.2) is 9.78 Å². The number of aromatic nitrogens is 1. The number of ether oxygens (including phenoxy) is 4. The summed E-state index contributed by atoms with van der Waals surface area (Å²) < 4.78 is 21.6. The number of benzene rings is 3. The molecule has 30 heavy (non-hydrogen) atoms. The monoisotopic (exact) mass is 421 g/mol. The summed E-state index contributed by atoms with van der Waals surface area (Å²) in [5, 5.41) is 4.25. The van der Waals surface area contributed by atoms with Crippen LogP contribution in [0.15, 0.2) is 60.0 Å². The predicted octanol–water partition coefficient (Wildman–Crippen LogP) is 5.21. The molecule has 0 aliphatic carbocycles. The zero-order valence-electron chi connectivity index (χ0n) is 16.7. The number of para-hydroxylation sites is 1. The highest BCUT2D eigenvalue weighted by Gasteiger charge is 2.18. The smallest absolute Gasteiger partial charge is 0.363 e. The van der Waals surface area contributed by atoms with Crippen LogP contribution in [0, 0.1) is 0 Å². The Morgan fingerprint density at radius 1 is 0.867 bits per heavy atom. The molecular weight excluding hydrogens is 402 g/mol. The third-order valence-corrected chi connectivity index (χ3v) is 5.45. The van der Waals surface area contributed by atoms with Crippen LogP contribution in [-0.2, 0) is 0 Å². The van der Waals surface area contributed by atoms with Crippen LogP contribution >= 0.6 is 11.3 Å². The number of hydrogen-bond acceptors (Lipinski definition) is 7. The Balaban J connectivity index is 1.59. The van der Waals surface area contributed by atoms with Crippen molar-refractivity contribution >= 4 is 28.1 Å². The zero-order valence-corrected chi connectivity index (χ0v) is 17.5. The third kappa shape index (κ3) is 3.79. The third-order valence-electron chi connectivity index (χ3n) is 4.58. The lowest BCUT2D eigenvalue weighted by molar-refractivity contribution is 0.0730. The van der Waals surface area contributed by atoms with E-state index >= 15 is 0 Å². The molecule has 0 bridgehead atoms. The average Bonchev–Trinajstić information content (AvgIpc) is 3.28. The van der Waals surface area contributed by atoms with Crippen molar-refractivity contribution in [1.29, 1.82) is 0 Å². The van der Waals surface area contributed by atoms with Crippen LogP contribution in [0.2, 0.25) is 0 Å². The van der Waals surface area contributed by atoms with Crippen LogP contribution in [-0.4, -0.2) is 32.3 Å². The molecule has 0 fully saturated rings. The normalized spacial score (nSPS) is 10.6. The lowest BCUT2D eigenvalue weighted by Crippen LogP contribution is -2.08. The summed E-state index contributed by atoms with van der Waals surface area (Å²) in [6.07, 6.45) is 0. The minimum atomic E-state index is -0.526. The second-order valence-electron chi connectivity index (χ2n) is 6.34. The molecule has 0 unspecified atom stereocenters. The summed E-state index contributed by atoms with van der Waals surface area (Å²) in [5.41, 5.74) is 0.976. The van der Waals surface area contributed by atoms with Gasteiger partial charge < -0.3 is 18.9 Å². The van der Waals surface area contributed by atoms with Gasteiger partial charge in [-0.05, 0) is 47.2 Å². The van der Waals surface area contributed by atoms with E-state index in [0.717, 1.165) is 22.1 Å². The maximum absolute atomic E-state index is 12.6. The van der Waals surface area contributed by atoms with E-state index in [-0.39, 0.29) is 5.69 Å². The van der Waals surface area contributed by atoms with Gasteiger partial charge in [-0.3, -0.25) is 0 Å². The van der Waals surface area contributed by atoms with Crippen molar-refractivity contribution in [3.8, 4) is 33.6 Å². The van der Waals surface area contributed by atoms with Crippen LogP contribution in [0.3, 0.4) is 0 Å². The molecule has 0 spiro atoms. The minimum Gasteiger partial charge on any atom is -0.497 e. The number of nitrogens with zero attached hydrogens (tertiary/aromatic N) is 1. The van der Waals surface area contributed by atoms with E-state index in [9.17, 15) is 4.79 Å². The van der Waals surface area contributed by atoms with Crippen molar-refractivity contribution in [3.05, 3.63) is 65.7 Å². The molecule has 0 radical (unpaired) electrons. The molecule has 6 nitrogen and oxygen atoms in total. The molecule has 0 aliphatic heterocycles. The minimum absolute atomic E-state index is 0.227. The average molecular weight is 421 g/mol. The van der Waals surface area contributed by atoms with Crippen molar-refractivity contribution in [2.45, 2.75) is 0 Å². The van der Waals surface area contributed by atoms with E-state index in [1.807, 2.05) is 36.4 Å². The number of esters is 1. The van der Waals surface area contributed by atoms with Gasteiger partial charge in [0.2, 0.25) is 0 Å². The van der Waals surface area contributed by atoms with Gasteiger partial charge in [0.1, 0.15) is 16.5 Å². The lowest BCUT2D eigenvalue weighted by Gasteiger charge is -2.10. The molecule has 0 aliphatic rings. The maximum atomic E-state index is 12.6. The van der Waals surface area contributed by atoms with Crippen molar-refractivity contribution in [2.24, 2.45) is 0 Å². The lowest BCUT2D eigenvalue weighted by atomic mass is 10.1. The van der Waals surface area contributed by atoms with E-state index in [4.69, 9.17) is 18.9 Å². The van der Waals surface area contributed by atoms with Crippen LogP contribution < -0.4 is 18.9 Å². The molecule has 0 saturated heterocycles. The highest BCUT2D eigenvalue weighted by atomic mass is 32.1. The molecule has 1 heterocycles. The van der Waals surface area contributed by atoms with Crippen molar-refractivity contribution in [3.63, 3.8) is 0 Å². The molecule has 0 N–H and O–H groups in total. The van der Waals surface area contributed by atoms with E-state index in [2.05, 4.69) is 4.98 Å². The molecule has 152 valence electrons. The maximum Gasteiger partial charge on any atom is 0.363 e. The molecule has 4 aromatic rings. The fraction of sp³-hybridized carbons (Fsp3) is 0.130. The van der Waals surface area contributed by atoms with Gasteiger partial charge in [0.25, 0.3) is 0 Å². The van der Waals surface area contributed by atoms with Crippen LogP contribution in [0.1, 0.15) is 10.5 Å².